The fourth-order valence-corrected chi connectivity index (χ4v) is 3.64. The van der Waals surface area contributed by atoms with Gasteiger partial charge in [0, 0.05) is 6.54 Å². The molecule has 0 aromatic heterocycles. The van der Waals surface area contributed by atoms with Crippen LogP contribution in [0.3, 0.4) is 0 Å². The number of piperidine rings is 1. The lowest BCUT2D eigenvalue weighted by molar-refractivity contribution is -0.127. The number of amides is 1. The Balaban J connectivity index is 1.86. The molecule has 2 aliphatic rings. The number of carbonyl (C=O) groups is 1. The third kappa shape index (κ3) is 3.71. The van der Waals surface area contributed by atoms with Gasteiger partial charge in [-0.05, 0) is 43.1 Å². The van der Waals surface area contributed by atoms with E-state index in [0.29, 0.717) is 5.41 Å². The van der Waals surface area contributed by atoms with Crippen molar-refractivity contribution in [1.82, 2.24) is 10.6 Å². The maximum atomic E-state index is 12.4. The van der Waals surface area contributed by atoms with E-state index in [2.05, 4.69) is 31.4 Å². The van der Waals surface area contributed by atoms with Gasteiger partial charge in [0.25, 0.3) is 0 Å². The highest BCUT2D eigenvalue weighted by molar-refractivity contribution is 5.82. The summed E-state index contributed by atoms with van der Waals surface area (Å²) >= 11 is 0. The summed E-state index contributed by atoms with van der Waals surface area (Å²) in [5.74, 6) is 0.205. The first kappa shape index (κ1) is 14.8. The Morgan fingerprint density at radius 1 is 1.11 bits per heavy atom. The maximum Gasteiger partial charge on any atom is 0.237 e. The number of rotatable bonds is 3. The molecule has 1 unspecified atom stereocenters. The molecule has 0 bridgehead atoms. The van der Waals surface area contributed by atoms with Crippen LogP contribution in [0, 0.1) is 10.8 Å². The van der Waals surface area contributed by atoms with Gasteiger partial charge in [0.2, 0.25) is 5.91 Å². The first-order valence-electron chi connectivity index (χ1n) is 7.94. The largest absolute Gasteiger partial charge is 0.354 e. The molecule has 0 spiro atoms. The smallest absolute Gasteiger partial charge is 0.237 e. The molecule has 3 heteroatoms. The summed E-state index contributed by atoms with van der Waals surface area (Å²) in [6.45, 7) is 8.54. The summed E-state index contributed by atoms with van der Waals surface area (Å²) in [4.78, 5) is 12.4. The molecule has 3 nitrogen and oxygen atoms in total. The van der Waals surface area contributed by atoms with Crippen molar-refractivity contribution in [3.8, 4) is 0 Å². The Morgan fingerprint density at radius 2 is 1.79 bits per heavy atom. The van der Waals surface area contributed by atoms with Gasteiger partial charge >= 0.3 is 0 Å². The van der Waals surface area contributed by atoms with Crippen LogP contribution in [0.15, 0.2) is 0 Å². The van der Waals surface area contributed by atoms with Crippen molar-refractivity contribution in [2.45, 2.75) is 71.8 Å². The molecule has 2 fully saturated rings. The number of nitrogens with one attached hydrogen (secondary N) is 2. The molecule has 0 radical (unpaired) electrons. The van der Waals surface area contributed by atoms with Crippen LogP contribution in [-0.2, 0) is 4.79 Å². The van der Waals surface area contributed by atoms with Crippen molar-refractivity contribution >= 4 is 5.91 Å². The van der Waals surface area contributed by atoms with Crippen LogP contribution >= 0.6 is 0 Å². The van der Waals surface area contributed by atoms with E-state index < -0.39 is 0 Å². The van der Waals surface area contributed by atoms with Gasteiger partial charge < -0.3 is 10.6 Å². The number of carbonyl (C=O) groups excluding carboxylic acids is 1. The minimum absolute atomic E-state index is 0.0200. The lowest BCUT2D eigenvalue weighted by Gasteiger charge is -2.39. The monoisotopic (exact) mass is 266 g/mol. The molecule has 1 heterocycles. The molecule has 1 saturated carbocycles. The quantitative estimate of drug-likeness (QED) is 0.824. The lowest BCUT2D eigenvalue weighted by atomic mass is 9.75. The zero-order chi connectivity index (χ0) is 13.9. The van der Waals surface area contributed by atoms with E-state index in [-0.39, 0.29) is 17.4 Å². The van der Waals surface area contributed by atoms with Gasteiger partial charge in [-0.2, -0.15) is 0 Å². The van der Waals surface area contributed by atoms with Crippen LogP contribution in [0.1, 0.15) is 65.7 Å². The molecule has 0 aromatic rings. The van der Waals surface area contributed by atoms with Crippen molar-refractivity contribution in [3.63, 3.8) is 0 Å². The topological polar surface area (TPSA) is 41.1 Å². The van der Waals surface area contributed by atoms with Crippen molar-refractivity contribution < 1.29 is 4.79 Å². The first-order valence-corrected chi connectivity index (χ1v) is 7.94. The minimum Gasteiger partial charge on any atom is -0.354 e. The van der Waals surface area contributed by atoms with Crippen LogP contribution in [0.2, 0.25) is 0 Å². The van der Waals surface area contributed by atoms with Crippen LogP contribution in [0.4, 0.5) is 0 Å². The molecule has 0 aromatic carbocycles. The molecular formula is C16H30N2O. The van der Waals surface area contributed by atoms with Gasteiger partial charge in [-0.1, -0.05) is 40.0 Å². The van der Waals surface area contributed by atoms with Gasteiger partial charge in [0.15, 0.2) is 0 Å². The zero-order valence-corrected chi connectivity index (χ0v) is 12.8. The zero-order valence-electron chi connectivity index (χ0n) is 12.8. The standard InChI is InChI=1S/C16H30N2O/c1-15(2)8-7-11-17-13(15)14(19)18-12-16(3)9-5-4-6-10-16/h13,17H,4-12H2,1-3H3,(H,18,19). The Labute approximate surface area is 117 Å². The van der Waals surface area contributed by atoms with Crippen molar-refractivity contribution in [2.24, 2.45) is 10.8 Å². The van der Waals surface area contributed by atoms with E-state index in [1.165, 1.54) is 38.5 Å². The van der Waals surface area contributed by atoms with Gasteiger partial charge in [0.1, 0.15) is 0 Å². The van der Waals surface area contributed by atoms with E-state index in [0.717, 1.165) is 19.5 Å². The molecule has 1 aliphatic carbocycles. The normalized spacial score (nSPS) is 29.7. The highest BCUT2D eigenvalue weighted by Crippen LogP contribution is 2.35. The summed E-state index contributed by atoms with van der Waals surface area (Å²) in [7, 11) is 0. The Bertz CT molecular complexity index is 319. The van der Waals surface area contributed by atoms with E-state index in [1.54, 1.807) is 0 Å². The maximum absolute atomic E-state index is 12.4. The fourth-order valence-electron chi connectivity index (χ4n) is 3.64. The molecule has 1 amide bonds. The average molecular weight is 266 g/mol. The third-order valence-electron chi connectivity index (χ3n) is 5.14. The van der Waals surface area contributed by atoms with E-state index in [9.17, 15) is 4.79 Å². The molecular weight excluding hydrogens is 236 g/mol. The van der Waals surface area contributed by atoms with Crippen LogP contribution in [0.5, 0.6) is 0 Å². The number of hydrogen-bond acceptors (Lipinski definition) is 2. The summed E-state index contributed by atoms with van der Waals surface area (Å²) in [5.41, 5.74) is 0.405. The fraction of sp³-hybridized carbons (Fsp3) is 0.938. The predicted molar refractivity (Wildman–Crippen MR) is 79.0 cm³/mol. The SMILES string of the molecule is CC1(CNC(=O)C2NCCCC2(C)C)CCCCC1. The summed E-state index contributed by atoms with van der Waals surface area (Å²) < 4.78 is 0. The van der Waals surface area contributed by atoms with Crippen LogP contribution < -0.4 is 10.6 Å². The highest BCUT2D eigenvalue weighted by atomic mass is 16.2. The second-order valence-electron chi connectivity index (χ2n) is 7.57. The van der Waals surface area contributed by atoms with Gasteiger partial charge in [-0.25, -0.2) is 0 Å². The minimum atomic E-state index is -0.0200. The van der Waals surface area contributed by atoms with Gasteiger partial charge in [-0.3, -0.25) is 4.79 Å². The summed E-state index contributed by atoms with van der Waals surface area (Å²) in [5, 5.41) is 6.61. The molecule has 19 heavy (non-hydrogen) atoms. The highest BCUT2D eigenvalue weighted by Gasteiger charge is 2.37. The number of hydrogen-bond donors (Lipinski definition) is 2. The molecule has 1 aliphatic heterocycles. The van der Waals surface area contributed by atoms with Gasteiger partial charge in [0.05, 0.1) is 6.04 Å². The predicted octanol–water partition coefficient (Wildman–Crippen LogP) is 2.85. The third-order valence-corrected chi connectivity index (χ3v) is 5.14. The average Bonchev–Trinajstić information content (AvgIpc) is 2.36. The molecule has 2 N–H and O–H groups in total. The van der Waals surface area contributed by atoms with E-state index in [1.807, 2.05) is 0 Å². The second kappa shape index (κ2) is 5.82. The Morgan fingerprint density at radius 3 is 2.42 bits per heavy atom. The van der Waals surface area contributed by atoms with E-state index >= 15 is 0 Å². The van der Waals surface area contributed by atoms with Gasteiger partial charge in [-0.15, -0.1) is 0 Å². The summed E-state index contributed by atoms with van der Waals surface area (Å²) in [6.07, 6.45) is 8.83. The summed E-state index contributed by atoms with van der Waals surface area (Å²) in [6, 6.07) is -0.0200. The lowest BCUT2D eigenvalue weighted by Crippen LogP contribution is -2.56. The second-order valence-corrected chi connectivity index (χ2v) is 7.57. The Kier molecular flexibility index (Phi) is 4.54. The van der Waals surface area contributed by atoms with E-state index in [4.69, 9.17) is 0 Å². The first-order chi connectivity index (χ1) is 8.93. The van der Waals surface area contributed by atoms with Crippen molar-refractivity contribution in [3.05, 3.63) is 0 Å². The van der Waals surface area contributed by atoms with Crippen molar-refractivity contribution in [2.75, 3.05) is 13.1 Å². The molecule has 110 valence electrons. The molecule has 2 rings (SSSR count). The Hall–Kier alpha value is -0.570. The molecule has 1 atom stereocenters. The molecule has 1 saturated heterocycles. The van der Waals surface area contributed by atoms with Crippen LogP contribution in [0.25, 0.3) is 0 Å². The van der Waals surface area contributed by atoms with Crippen LogP contribution in [-0.4, -0.2) is 25.0 Å². The van der Waals surface area contributed by atoms with Crippen molar-refractivity contribution in [1.29, 1.82) is 0 Å².